The summed E-state index contributed by atoms with van der Waals surface area (Å²) in [7, 11) is 3.18. The van der Waals surface area contributed by atoms with Gasteiger partial charge in [0.2, 0.25) is 11.8 Å². The van der Waals surface area contributed by atoms with Gasteiger partial charge in [0.15, 0.2) is 0 Å². The van der Waals surface area contributed by atoms with Crippen LogP contribution in [0, 0.1) is 5.41 Å². The molecule has 0 aromatic heterocycles. The van der Waals surface area contributed by atoms with Gasteiger partial charge in [0.25, 0.3) is 0 Å². The van der Waals surface area contributed by atoms with Gasteiger partial charge in [0.1, 0.15) is 0 Å². The lowest BCUT2D eigenvalue weighted by molar-refractivity contribution is -0.141. The first-order valence-corrected chi connectivity index (χ1v) is 4.25. The van der Waals surface area contributed by atoms with E-state index < -0.39 is 5.41 Å². The summed E-state index contributed by atoms with van der Waals surface area (Å²) in [5, 5.41) is 2.47. The number of carbonyl (C=O) groups is 2. The van der Waals surface area contributed by atoms with E-state index in [9.17, 15) is 9.59 Å². The van der Waals surface area contributed by atoms with E-state index in [1.54, 1.807) is 14.1 Å². The first-order chi connectivity index (χ1) is 5.79. The minimum atomic E-state index is -0.428. The largest absolute Gasteiger partial charge is 0.358 e. The highest BCUT2D eigenvalue weighted by molar-refractivity contribution is 5.86. The van der Waals surface area contributed by atoms with Crippen molar-refractivity contribution in [2.45, 2.75) is 20.8 Å². The van der Waals surface area contributed by atoms with Crippen LogP contribution in [0.2, 0.25) is 0 Å². The SMILES string of the molecule is CNC(=O)CN(C)C(=O)C(C)(C)C. The number of nitrogens with one attached hydrogen (secondary N) is 1. The summed E-state index contributed by atoms with van der Waals surface area (Å²) in [4.78, 5) is 23.9. The van der Waals surface area contributed by atoms with Crippen molar-refractivity contribution in [2.24, 2.45) is 5.41 Å². The molecule has 4 nitrogen and oxygen atoms in total. The van der Waals surface area contributed by atoms with Crippen molar-refractivity contribution >= 4 is 11.8 Å². The standard InChI is InChI=1S/C9H18N2O2/c1-9(2,3)8(13)11(5)6-7(12)10-4/h6H2,1-5H3,(H,10,12). The molecule has 0 aliphatic carbocycles. The maximum absolute atomic E-state index is 11.6. The van der Waals surface area contributed by atoms with Gasteiger partial charge in [-0.05, 0) is 0 Å². The molecule has 0 aromatic carbocycles. The summed E-state index contributed by atoms with van der Waals surface area (Å²) >= 11 is 0. The van der Waals surface area contributed by atoms with Crippen molar-refractivity contribution in [3.8, 4) is 0 Å². The van der Waals surface area contributed by atoms with Crippen LogP contribution in [0.5, 0.6) is 0 Å². The van der Waals surface area contributed by atoms with Crippen molar-refractivity contribution in [2.75, 3.05) is 20.6 Å². The number of hydrogen-bond acceptors (Lipinski definition) is 2. The van der Waals surface area contributed by atoms with Crippen LogP contribution in [0.4, 0.5) is 0 Å². The summed E-state index contributed by atoms with van der Waals surface area (Å²) in [6, 6.07) is 0. The number of amides is 2. The van der Waals surface area contributed by atoms with E-state index >= 15 is 0 Å². The number of nitrogens with zero attached hydrogens (tertiary/aromatic N) is 1. The third kappa shape index (κ3) is 3.92. The molecule has 0 atom stereocenters. The summed E-state index contributed by atoms with van der Waals surface area (Å²) < 4.78 is 0. The molecule has 0 aliphatic rings. The van der Waals surface area contributed by atoms with Crippen LogP contribution in [0.15, 0.2) is 0 Å². The van der Waals surface area contributed by atoms with Crippen LogP contribution in [0.3, 0.4) is 0 Å². The molecule has 0 aromatic rings. The second-order valence-corrected chi connectivity index (χ2v) is 4.08. The minimum absolute atomic E-state index is 0.0314. The van der Waals surface area contributed by atoms with Crippen molar-refractivity contribution in [1.82, 2.24) is 10.2 Å². The van der Waals surface area contributed by atoms with Crippen LogP contribution in [-0.4, -0.2) is 37.4 Å². The first-order valence-electron chi connectivity index (χ1n) is 4.25. The smallest absolute Gasteiger partial charge is 0.239 e. The molecule has 76 valence electrons. The van der Waals surface area contributed by atoms with E-state index in [0.29, 0.717) is 0 Å². The quantitative estimate of drug-likeness (QED) is 0.671. The van der Waals surface area contributed by atoms with Crippen LogP contribution >= 0.6 is 0 Å². The molecule has 4 heteroatoms. The van der Waals surface area contributed by atoms with Crippen LogP contribution in [0.25, 0.3) is 0 Å². The zero-order valence-corrected chi connectivity index (χ0v) is 8.97. The molecule has 1 N–H and O–H groups in total. The average molecular weight is 186 g/mol. The van der Waals surface area contributed by atoms with Gasteiger partial charge in [0.05, 0.1) is 6.54 Å². The lowest BCUT2D eigenvalue weighted by Gasteiger charge is -2.25. The van der Waals surface area contributed by atoms with Gasteiger partial charge in [-0.15, -0.1) is 0 Å². The third-order valence-corrected chi connectivity index (χ3v) is 1.65. The molecule has 2 amide bonds. The van der Waals surface area contributed by atoms with Gasteiger partial charge >= 0.3 is 0 Å². The Morgan fingerprint density at radius 3 is 2.08 bits per heavy atom. The highest BCUT2D eigenvalue weighted by atomic mass is 16.2. The topological polar surface area (TPSA) is 49.4 Å². The van der Waals surface area contributed by atoms with Crippen LogP contribution in [0.1, 0.15) is 20.8 Å². The first kappa shape index (κ1) is 11.9. The zero-order chi connectivity index (χ0) is 10.6. The zero-order valence-electron chi connectivity index (χ0n) is 8.97. The summed E-state index contributed by atoms with van der Waals surface area (Å²) in [6.07, 6.45) is 0. The predicted octanol–water partition coefficient (Wildman–Crippen LogP) is 0.237. The molecule has 0 aliphatic heterocycles. The second kappa shape index (κ2) is 4.25. The Hall–Kier alpha value is -1.06. The summed E-state index contributed by atoms with van der Waals surface area (Å²) in [6.45, 7) is 5.60. The highest BCUT2D eigenvalue weighted by Crippen LogP contribution is 2.15. The second-order valence-electron chi connectivity index (χ2n) is 4.08. The molecule has 13 heavy (non-hydrogen) atoms. The molecule has 0 heterocycles. The fraction of sp³-hybridized carbons (Fsp3) is 0.778. The van der Waals surface area contributed by atoms with Crippen molar-refractivity contribution < 1.29 is 9.59 Å². The average Bonchev–Trinajstić information content (AvgIpc) is 2.01. The van der Waals surface area contributed by atoms with Crippen molar-refractivity contribution in [1.29, 1.82) is 0 Å². The van der Waals surface area contributed by atoms with E-state index in [1.807, 2.05) is 20.8 Å². The van der Waals surface area contributed by atoms with E-state index in [4.69, 9.17) is 0 Å². The number of likely N-dealkylation sites (N-methyl/N-ethyl adjacent to an activating group) is 2. The van der Waals surface area contributed by atoms with Crippen LogP contribution in [-0.2, 0) is 9.59 Å². The molecule has 0 fully saturated rings. The van der Waals surface area contributed by atoms with Crippen molar-refractivity contribution in [3.05, 3.63) is 0 Å². The Morgan fingerprint density at radius 1 is 1.31 bits per heavy atom. The molecule has 0 unspecified atom stereocenters. The van der Waals surface area contributed by atoms with E-state index in [2.05, 4.69) is 5.32 Å². The Morgan fingerprint density at radius 2 is 1.77 bits per heavy atom. The van der Waals surface area contributed by atoms with Crippen molar-refractivity contribution in [3.63, 3.8) is 0 Å². The lowest BCUT2D eigenvalue weighted by Crippen LogP contribution is -2.42. The maximum atomic E-state index is 11.6. The summed E-state index contributed by atoms with van der Waals surface area (Å²) in [5.74, 6) is -0.184. The fourth-order valence-corrected chi connectivity index (χ4v) is 0.939. The van der Waals surface area contributed by atoms with Gasteiger partial charge < -0.3 is 10.2 Å². The van der Waals surface area contributed by atoms with Gasteiger partial charge in [-0.25, -0.2) is 0 Å². The molecular weight excluding hydrogens is 168 g/mol. The number of rotatable bonds is 2. The fourth-order valence-electron chi connectivity index (χ4n) is 0.939. The molecular formula is C9H18N2O2. The number of carbonyl (C=O) groups excluding carboxylic acids is 2. The Bertz CT molecular complexity index is 206. The Kier molecular flexibility index (Phi) is 3.91. The lowest BCUT2D eigenvalue weighted by atomic mass is 9.95. The van der Waals surface area contributed by atoms with Crippen LogP contribution < -0.4 is 5.32 Å². The molecule has 0 spiro atoms. The normalized spacial score (nSPS) is 10.8. The molecule has 0 saturated heterocycles. The molecule has 0 rings (SSSR count). The third-order valence-electron chi connectivity index (χ3n) is 1.65. The monoisotopic (exact) mass is 186 g/mol. The Balaban J connectivity index is 4.20. The molecule has 0 bridgehead atoms. The van der Waals surface area contributed by atoms with Gasteiger partial charge in [-0.3, -0.25) is 9.59 Å². The Labute approximate surface area is 79.3 Å². The minimum Gasteiger partial charge on any atom is -0.358 e. The van der Waals surface area contributed by atoms with E-state index in [-0.39, 0.29) is 18.4 Å². The maximum Gasteiger partial charge on any atom is 0.239 e. The predicted molar refractivity (Wildman–Crippen MR) is 51.2 cm³/mol. The van der Waals surface area contributed by atoms with E-state index in [1.165, 1.54) is 4.90 Å². The molecule has 0 saturated carbocycles. The van der Waals surface area contributed by atoms with Gasteiger partial charge in [0, 0.05) is 19.5 Å². The highest BCUT2D eigenvalue weighted by Gasteiger charge is 2.25. The van der Waals surface area contributed by atoms with E-state index in [0.717, 1.165) is 0 Å². The molecule has 0 radical (unpaired) electrons. The summed E-state index contributed by atoms with van der Waals surface area (Å²) in [5.41, 5.74) is -0.428. The van der Waals surface area contributed by atoms with Gasteiger partial charge in [-0.2, -0.15) is 0 Å². The van der Waals surface area contributed by atoms with Gasteiger partial charge in [-0.1, -0.05) is 20.8 Å². The number of hydrogen-bond donors (Lipinski definition) is 1.